The second-order valence-corrected chi connectivity index (χ2v) is 4.41. The summed E-state index contributed by atoms with van der Waals surface area (Å²) in [5.41, 5.74) is 0.969. The molecular formula is C14H20ClNO3. The van der Waals surface area contributed by atoms with Gasteiger partial charge in [-0.1, -0.05) is 12.1 Å². The summed E-state index contributed by atoms with van der Waals surface area (Å²) in [4.78, 5) is 11.7. The molecule has 0 aliphatic rings. The summed E-state index contributed by atoms with van der Waals surface area (Å²) in [6.45, 7) is 1.80. The van der Waals surface area contributed by atoms with Crippen molar-refractivity contribution in [2.45, 2.75) is 12.8 Å². The number of ether oxygens (including phenoxy) is 2. The van der Waals surface area contributed by atoms with Crippen LogP contribution in [0.2, 0.25) is 0 Å². The molecule has 0 aliphatic carbocycles. The van der Waals surface area contributed by atoms with Gasteiger partial charge in [-0.2, -0.15) is 0 Å². The van der Waals surface area contributed by atoms with Gasteiger partial charge in [-0.3, -0.25) is 4.79 Å². The molecule has 0 bridgehead atoms. The quantitative estimate of drug-likeness (QED) is 0.558. The molecule has 0 atom stereocenters. The van der Waals surface area contributed by atoms with Crippen LogP contribution < -0.4 is 10.1 Å². The minimum atomic E-state index is 0.0162. The van der Waals surface area contributed by atoms with Crippen LogP contribution in [0.3, 0.4) is 0 Å². The van der Waals surface area contributed by atoms with E-state index in [2.05, 4.69) is 5.32 Å². The highest BCUT2D eigenvalue weighted by atomic mass is 35.5. The molecule has 0 aliphatic heterocycles. The van der Waals surface area contributed by atoms with E-state index in [0.29, 0.717) is 32.1 Å². The minimum Gasteiger partial charge on any atom is -0.497 e. The van der Waals surface area contributed by atoms with Crippen molar-refractivity contribution in [1.29, 1.82) is 0 Å². The highest BCUT2D eigenvalue weighted by molar-refractivity contribution is 6.17. The standard InChI is InChI=1S/C14H20ClNO3/c1-18-13-5-3-12(4-6-13)11-14(17)16-8-2-9-19-10-7-15/h3-6H,2,7-11H2,1H3,(H,16,17). The van der Waals surface area contributed by atoms with E-state index < -0.39 is 0 Å². The monoisotopic (exact) mass is 285 g/mol. The average Bonchev–Trinajstić information content (AvgIpc) is 2.43. The lowest BCUT2D eigenvalue weighted by molar-refractivity contribution is -0.120. The molecule has 0 spiro atoms. The second-order valence-electron chi connectivity index (χ2n) is 4.03. The van der Waals surface area contributed by atoms with Gasteiger partial charge in [-0.05, 0) is 24.1 Å². The van der Waals surface area contributed by atoms with Crippen molar-refractivity contribution in [3.8, 4) is 5.75 Å². The zero-order valence-electron chi connectivity index (χ0n) is 11.2. The van der Waals surface area contributed by atoms with Gasteiger partial charge in [-0.25, -0.2) is 0 Å². The molecule has 0 aromatic heterocycles. The van der Waals surface area contributed by atoms with Crippen molar-refractivity contribution in [1.82, 2.24) is 5.32 Å². The van der Waals surface area contributed by atoms with Crippen LogP contribution in [0.15, 0.2) is 24.3 Å². The predicted molar refractivity (Wildman–Crippen MR) is 75.9 cm³/mol. The zero-order chi connectivity index (χ0) is 13.9. The van der Waals surface area contributed by atoms with E-state index in [-0.39, 0.29) is 5.91 Å². The van der Waals surface area contributed by atoms with Crippen molar-refractivity contribution in [3.63, 3.8) is 0 Å². The molecule has 0 saturated heterocycles. The molecule has 0 saturated carbocycles. The van der Waals surface area contributed by atoms with Crippen LogP contribution in [-0.2, 0) is 16.0 Å². The maximum atomic E-state index is 11.7. The molecule has 5 heteroatoms. The summed E-state index contributed by atoms with van der Waals surface area (Å²) in [7, 11) is 1.62. The number of methoxy groups -OCH3 is 1. The van der Waals surface area contributed by atoms with Gasteiger partial charge >= 0.3 is 0 Å². The number of carbonyl (C=O) groups excluding carboxylic acids is 1. The Labute approximate surface area is 119 Å². The summed E-state index contributed by atoms with van der Waals surface area (Å²) in [6.07, 6.45) is 1.18. The number of hydrogen-bond donors (Lipinski definition) is 1. The van der Waals surface area contributed by atoms with Gasteiger partial charge in [0, 0.05) is 19.0 Å². The topological polar surface area (TPSA) is 47.6 Å². The molecule has 0 radical (unpaired) electrons. The fraction of sp³-hybridized carbons (Fsp3) is 0.500. The van der Waals surface area contributed by atoms with Gasteiger partial charge in [0.2, 0.25) is 5.91 Å². The van der Waals surface area contributed by atoms with Crippen LogP contribution in [0.4, 0.5) is 0 Å². The van der Waals surface area contributed by atoms with Crippen LogP contribution in [0, 0.1) is 0 Å². The lowest BCUT2D eigenvalue weighted by Gasteiger charge is -2.06. The van der Waals surface area contributed by atoms with E-state index in [4.69, 9.17) is 21.1 Å². The lowest BCUT2D eigenvalue weighted by atomic mass is 10.1. The second kappa shape index (κ2) is 9.64. The van der Waals surface area contributed by atoms with Gasteiger partial charge in [0.05, 0.1) is 20.1 Å². The largest absolute Gasteiger partial charge is 0.497 e. The van der Waals surface area contributed by atoms with Crippen molar-refractivity contribution in [2.75, 3.05) is 32.7 Å². The first-order valence-corrected chi connectivity index (χ1v) is 6.83. The first-order valence-electron chi connectivity index (χ1n) is 6.29. The van der Waals surface area contributed by atoms with Crippen molar-refractivity contribution < 1.29 is 14.3 Å². The number of benzene rings is 1. The first kappa shape index (κ1) is 15.8. The molecule has 4 nitrogen and oxygen atoms in total. The normalized spacial score (nSPS) is 10.2. The highest BCUT2D eigenvalue weighted by Gasteiger charge is 2.02. The van der Waals surface area contributed by atoms with E-state index in [1.807, 2.05) is 24.3 Å². The number of carbonyl (C=O) groups is 1. The summed E-state index contributed by atoms with van der Waals surface area (Å²) in [6, 6.07) is 7.48. The lowest BCUT2D eigenvalue weighted by Crippen LogP contribution is -2.26. The molecule has 1 amide bonds. The van der Waals surface area contributed by atoms with Gasteiger partial charge in [0.1, 0.15) is 5.75 Å². The molecular weight excluding hydrogens is 266 g/mol. The maximum absolute atomic E-state index is 11.7. The molecule has 1 N–H and O–H groups in total. The van der Waals surface area contributed by atoms with Gasteiger partial charge in [0.25, 0.3) is 0 Å². The summed E-state index contributed by atoms with van der Waals surface area (Å²) in [5.74, 6) is 1.31. The van der Waals surface area contributed by atoms with E-state index in [9.17, 15) is 4.79 Å². The van der Waals surface area contributed by atoms with E-state index in [1.54, 1.807) is 7.11 Å². The predicted octanol–water partition coefficient (Wildman–Crippen LogP) is 2.00. The highest BCUT2D eigenvalue weighted by Crippen LogP contribution is 2.11. The number of amides is 1. The van der Waals surface area contributed by atoms with Gasteiger partial charge in [-0.15, -0.1) is 11.6 Å². The first-order chi connectivity index (χ1) is 9.26. The molecule has 19 heavy (non-hydrogen) atoms. The van der Waals surface area contributed by atoms with Crippen molar-refractivity contribution in [2.24, 2.45) is 0 Å². The minimum absolute atomic E-state index is 0.0162. The summed E-state index contributed by atoms with van der Waals surface area (Å²) in [5, 5.41) is 2.85. The Bertz CT molecular complexity index is 367. The number of hydrogen-bond acceptors (Lipinski definition) is 3. The van der Waals surface area contributed by atoms with Crippen LogP contribution >= 0.6 is 11.6 Å². The third-order valence-electron chi connectivity index (χ3n) is 2.53. The Kier molecular flexibility index (Phi) is 8.02. The van der Waals surface area contributed by atoms with E-state index in [1.165, 1.54) is 0 Å². The SMILES string of the molecule is COc1ccc(CC(=O)NCCCOCCCl)cc1. The maximum Gasteiger partial charge on any atom is 0.224 e. The molecule has 1 aromatic rings. The third-order valence-corrected chi connectivity index (χ3v) is 2.69. The molecule has 0 heterocycles. The Morgan fingerprint density at radius 3 is 2.63 bits per heavy atom. The van der Waals surface area contributed by atoms with Crippen LogP contribution in [0.5, 0.6) is 5.75 Å². The number of alkyl halides is 1. The summed E-state index contributed by atoms with van der Waals surface area (Å²) >= 11 is 5.47. The average molecular weight is 286 g/mol. The van der Waals surface area contributed by atoms with Crippen LogP contribution in [-0.4, -0.2) is 38.7 Å². The third kappa shape index (κ3) is 7.03. The number of halogens is 1. The zero-order valence-corrected chi connectivity index (χ0v) is 11.9. The fourth-order valence-corrected chi connectivity index (χ4v) is 1.66. The molecule has 106 valence electrons. The summed E-state index contributed by atoms with van der Waals surface area (Å²) < 4.78 is 10.3. The smallest absolute Gasteiger partial charge is 0.224 e. The Balaban J connectivity index is 2.16. The molecule has 0 unspecified atom stereocenters. The Hall–Kier alpha value is -1.26. The Morgan fingerprint density at radius 2 is 2.00 bits per heavy atom. The molecule has 0 fully saturated rings. The molecule has 1 rings (SSSR count). The fourth-order valence-electron chi connectivity index (χ4n) is 1.55. The van der Waals surface area contributed by atoms with Crippen molar-refractivity contribution in [3.05, 3.63) is 29.8 Å². The molecule has 1 aromatic carbocycles. The van der Waals surface area contributed by atoms with Crippen molar-refractivity contribution >= 4 is 17.5 Å². The number of nitrogens with one attached hydrogen (secondary N) is 1. The number of rotatable bonds is 9. The van der Waals surface area contributed by atoms with Gasteiger partial charge < -0.3 is 14.8 Å². The van der Waals surface area contributed by atoms with E-state index >= 15 is 0 Å². The van der Waals surface area contributed by atoms with E-state index in [0.717, 1.165) is 17.7 Å². The Morgan fingerprint density at radius 1 is 1.26 bits per heavy atom. The van der Waals surface area contributed by atoms with Crippen LogP contribution in [0.1, 0.15) is 12.0 Å². The van der Waals surface area contributed by atoms with Crippen LogP contribution in [0.25, 0.3) is 0 Å². The van der Waals surface area contributed by atoms with Gasteiger partial charge in [0.15, 0.2) is 0 Å².